The van der Waals surface area contributed by atoms with Crippen LogP contribution in [0.3, 0.4) is 0 Å². The fourth-order valence-electron chi connectivity index (χ4n) is 3.24. The van der Waals surface area contributed by atoms with Gasteiger partial charge in [-0.25, -0.2) is 15.0 Å². The lowest BCUT2D eigenvalue weighted by Gasteiger charge is -2.28. The van der Waals surface area contributed by atoms with E-state index < -0.39 is 17.7 Å². The largest absolute Gasteiger partial charge is 0.416 e. The van der Waals surface area contributed by atoms with E-state index in [1.807, 2.05) is 0 Å². The van der Waals surface area contributed by atoms with Gasteiger partial charge in [-0.3, -0.25) is 4.90 Å². The Kier molecular flexibility index (Phi) is 4.80. The monoisotopic (exact) mass is 388 g/mol. The first-order valence-corrected chi connectivity index (χ1v) is 8.74. The molecule has 0 saturated carbocycles. The molecule has 0 atom stereocenters. The van der Waals surface area contributed by atoms with E-state index in [1.54, 1.807) is 18.3 Å². The van der Waals surface area contributed by atoms with Gasteiger partial charge in [-0.2, -0.15) is 17.6 Å². The van der Waals surface area contributed by atoms with E-state index in [0.717, 1.165) is 23.4 Å². The number of rotatable bonds is 3. The summed E-state index contributed by atoms with van der Waals surface area (Å²) < 4.78 is 51.9. The number of pyridine rings is 1. The average Bonchev–Trinajstić information content (AvgIpc) is 2.69. The smallest absolute Gasteiger partial charge is 0.294 e. The predicted octanol–water partition coefficient (Wildman–Crippen LogP) is 4.25. The molecule has 28 heavy (non-hydrogen) atoms. The highest BCUT2D eigenvalue weighted by molar-refractivity contribution is 5.56. The van der Waals surface area contributed by atoms with E-state index in [4.69, 9.17) is 0 Å². The van der Waals surface area contributed by atoms with Crippen molar-refractivity contribution in [1.82, 2.24) is 19.9 Å². The maximum absolute atomic E-state index is 13.8. The van der Waals surface area contributed by atoms with E-state index in [2.05, 4.69) is 19.9 Å². The van der Waals surface area contributed by atoms with Gasteiger partial charge in [0, 0.05) is 55.1 Å². The summed E-state index contributed by atoms with van der Waals surface area (Å²) in [5.41, 5.74) is 2.18. The summed E-state index contributed by atoms with van der Waals surface area (Å²) in [6, 6.07) is 8.23. The molecule has 0 spiro atoms. The highest BCUT2D eigenvalue weighted by Gasteiger charge is 2.30. The van der Waals surface area contributed by atoms with Crippen LogP contribution in [0.25, 0.3) is 11.4 Å². The standard InChI is InChI=1S/C20H16F4N4/c21-18-14(2-1-8-25-18)11-28-9-7-17-15(12-28)10-26-19(27-17)13-3-5-16(6-4-13)20(22,23)24/h1-6,8,10H,7,9,11-12H2. The highest BCUT2D eigenvalue weighted by Crippen LogP contribution is 2.30. The van der Waals surface area contributed by atoms with Gasteiger partial charge in [0.1, 0.15) is 0 Å². The van der Waals surface area contributed by atoms with Crippen molar-refractivity contribution in [2.45, 2.75) is 25.7 Å². The second-order valence-electron chi connectivity index (χ2n) is 6.65. The topological polar surface area (TPSA) is 41.9 Å². The van der Waals surface area contributed by atoms with Gasteiger partial charge in [0.25, 0.3) is 0 Å². The number of benzene rings is 1. The lowest BCUT2D eigenvalue weighted by molar-refractivity contribution is -0.137. The summed E-state index contributed by atoms with van der Waals surface area (Å²) in [5, 5.41) is 0. The quantitative estimate of drug-likeness (QED) is 0.497. The molecule has 144 valence electrons. The summed E-state index contributed by atoms with van der Waals surface area (Å²) in [4.78, 5) is 14.6. The van der Waals surface area contributed by atoms with E-state index >= 15 is 0 Å². The Morgan fingerprint density at radius 2 is 1.82 bits per heavy atom. The van der Waals surface area contributed by atoms with E-state index in [-0.39, 0.29) is 0 Å². The molecule has 4 nitrogen and oxygen atoms in total. The van der Waals surface area contributed by atoms with Crippen molar-refractivity contribution in [2.75, 3.05) is 6.54 Å². The lowest BCUT2D eigenvalue weighted by Crippen LogP contribution is -2.31. The molecule has 0 saturated heterocycles. The maximum Gasteiger partial charge on any atom is 0.416 e. The molecule has 0 unspecified atom stereocenters. The Labute approximate surface area is 158 Å². The minimum absolute atomic E-state index is 0.402. The number of fused-ring (bicyclic) bond motifs is 1. The molecule has 3 aromatic rings. The molecule has 1 aliphatic heterocycles. The van der Waals surface area contributed by atoms with Crippen LogP contribution < -0.4 is 0 Å². The Balaban J connectivity index is 1.50. The second-order valence-corrected chi connectivity index (χ2v) is 6.65. The molecule has 1 aromatic carbocycles. The van der Waals surface area contributed by atoms with Crippen LogP contribution in [0.1, 0.15) is 22.4 Å². The van der Waals surface area contributed by atoms with Crippen LogP contribution >= 0.6 is 0 Å². The number of nitrogens with zero attached hydrogens (tertiary/aromatic N) is 4. The Morgan fingerprint density at radius 3 is 2.54 bits per heavy atom. The van der Waals surface area contributed by atoms with Crippen LogP contribution in [0.15, 0.2) is 48.8 Å². The number of aromatic nitrogens is 3. The molecule has 0 aliphatic carbocycles. The molecule has 0 fully saturated rings. The first-order chi connectivity index (χ1) is 13.4. The molecule has 4 rings (SSSR count). The Bertz CT molecular complexity index is 986. The van der Waals surface area contributed by atoms with Gasteiger partial charge in [-0.15, -0.1) is 0 Å². The minimum atomic E-state index is -4.37. The molecule has 0 radical (unpaired) electrons. The number of hydrogen-bond donors (Lipinski definition) is 0. The molecule has 1 aliphatic rings. The van der Waals surface area contributed by atoms with E-state index in [0.29, 0.717) is 43.0 Å². The van der Waals surface area contributed by atoms with Crippen molar-refractivity contribution in [1.29, 1.82) is 0 Å². The summed E-state index contributed by atoms with van der Waals surface area (Å²) in [6.07, 6.45) is -0.595. The van der Waals surface area contributed by atoms with Crippen molar-refractivity contribution < 1.29 is 17.6 Å². The third-order valence-electron chi connectivity index (χ3n) is 4.71. The van der Waals surface area contributed by atoms with Crippen LogP contribution in [0.4, 0.5) is 17.6 Å². The van der Waals surface area contributed by atoms with Gasteiger partial charge in [-0.1, -0.05) is 18.2 Å². The first-order valence-electron chi connectivity index (χ1n) is 8.74. The van der Waals surface area contributed by atoms with Gasteiger partial charge < -0.3 is 0 Å². The Hall–Kier alpha value is -2.87. The maximum atomic E-state index is 13.8. The molecule has 0 amide bonds. The van der Waals surface area contributed by atoms with Crippen molar-refractivity contribution in [3.63, 3.8) is 0 Å². The van der Waals surface area contributed by atoms with E-state index in [1.165, 1.54) is 18.3 Å². The van der Waals surface area contributed by atoms with Gasteiger partial charge in [-0.05, 0) is 18.2 Å². The first kappa shape index (κ1) is 18.5. The van der Waals surface area contributed by atoms with Crippen LogP contribution in [0.2, 0.25) is 0 Å². The summed E-state index contributed by atoms with van der Waals surface area (Å²) in [5.74, 6) is -0.0681. The summed E-state index contributed by atoms with van der Waals surface area (Å²) in [7, 11) is 0. The van der Waals surface area contributed by atoms with Crippen LogP contribution in [0, 0.1) is 5.95 Å². The zero-order chi connectivity index (χ0) is 19.7. The number of hydrogen-bond acceptors (Lipinski definition) is 4. The molecule has 8 heteroatoms. The molecular formula is C20H16F4N4. The van der Waals surface area contributed by atoms with Crippen molar-refractivity contribution in [2.24, 2.45) is 0 Å². The van der Waals surface area contributed by atoms with Crippen molar-refractivity contribution in [3.8, 4) is 11.4 Å². The minimum Gasteiger partial charge on any atom is -0.294 e. The fourth-order valence-corrected chi connectivity index (χ4v) is 3.24. The van der Waals surface area contributed by atoms with Gasteiger partial charge in [0.15, 0.2) is 5.82 Å². The van der Waals surface area contributed by atoms with Gasteiger partial charge in [0.05, 0.1) is 11.3 Å². The molecule has 0 N–H and O–H groups in total. The van der Waals surface area contributed by atoms with Crippen LogP contribution in [0.5, 0.6) is 0 Å². The highest BCUT2D eigenvalue weighted by atomic mass is 19.4. The van der Waals surface area contributed by atoms with Crippen LogP contribution in [-0.2, 0) is 25.7 Å². The summed E-state index contributed by atoms with van der Waals surface area (Å²) >= 11 is 0. The second kappa shape index (κ2) is 7.27. The van der Waals surface area contributed by atoms with Crippen molar-refractivity contribution >= 4 is 0 Å². The van der Waals surface area contributed by atoms with Crippen LogP contribution in [-0.4, -0.2) is 26.4 Å². The molecular weight excluding hydrogens is 372 g/mol. The SMILES string of the molecule is Fc1ncccc1CN1CCc2nc(-c3ccc(C(F)(F)F)cc3)ncc2C1. The molecule has 0 bridgehead atoms. The third kappa shape index (κ3) is 3.87. The van der Waals surface area contributed by atoms with Gasteiger partial charge in [0.2, 0.25) is 5.95 Å². The average molecular weight is 388 g/mol. The zero-order valence-electron chi connectivity index (χ0n) is 14.7. The number of halogens is 4. The zero-order valence-corrected chi connectivity index (χ0v) is 14.7. The predicted molar refractivity (Wildman–Crippen MR) is 94.5 cm³/mol. The van der Waals surface area contributed by atoms with E-state index in [9.17, 15) is 17.6 Å². The van der Waals surface area contributed by atoms with Gasteiger partial charge >= 0.3 is 6.18 Å². The lowest BCUT2D eigenvalue weighted by atomic mass is 10.1. The van der Waals surface area contributed by atoms with Crippen molar-refractivity contribution in [3.05, 3.63) is 77.1 Å². The Morgan fingerprint density at radius 1 is 1.04 bits per heavy atom. The normalized spacial score (nSPS) is 14.7. The molecule has 2 aromatic heterocycles. The summed E-state index contributed by atoms with van der Waals surface area (Å²) in [6.45, 7) is 1.72. The fraction of sp³-hybridized carbons (Fsp3) is 0.250. The molecule has 3 heterocycles. The number of alkyl halides is 3. The third-order valence-corrected chi connectivity index (χ3v) is 4.71.